The van der Waals surface area contributed by atoms with Crippen molar-refractivity contribution in [3.8, 4) is 22.8 Å². The molecule has 268 valence electrons. The molecular weight excluding hydrogens is 701 g/mol. The third-order valence-electron chi connectivity index (χ3n) is 9.15. The predicted octanol–water partition coefficient (Wildman–Crippen LogP) is 10.9. The summed E-state index contributed by atoms with van der Waals surface area (Å²) in [5, 5.41) is 2.87. The molecule has 0 saturated carbocycles. The molecule has 2 atom stereocenters. The molecule has 0 aliphatic heterocycles. The Bertz CT molecular complexity index is 2340. The maximum atomic E-state index is 14.2. The number of rotatable bonds is 9. The first-order valence-electron chi connectivity index (χ1n) is 16.6. The highest BCUT2D eigenvalue weighted by Gasteiger charge is 2.27. The van der Waals surface area contributed by atoms with Gasteiger partial charge in [-0.25, -0.2) is 8.78 Å². The molecule has 2 N–H and O–H groups in total. The fourth-order valence-corrected chi connectivity index (χ4v) is 7.19. The molecule has 5 aromatic carbocycles. The van der Waals surface area contributed by atoms with E-state index in [9.17, 15) is 8.78 Å². The summed E-state index contributed by atoms with van der Waals surface area (Å²) < 4.78 is 39.0. The van der Waals surface area contributed by atoms with Crippen LogP contribution in [0.2, 0.25) is 10.0 Å². The van der Waals surface area contributed by atoms with E-state index in [4.69, 9.17) is 32.7 Å². The molecule has 6 nitrogen and oxygen atoms in total. The number of para-hydroxylation sites is 1. The number of halogens is 4. The van der Waals surface area contributed by atoms with E-state index in [1.54, 1.807) is 32.4 Å². The van der Waals surface area contributed by atoms with E-state index in [0.717, 1.165) is 49.8 Å². The van der Waals surface area contributed by atoms with Crippen LogP contribution in [0.1, 0.15) is 34.3 Å². The number of fused-ring (bicyclic) bond motifs is 2. The second-order valence-electron chi connectivity index (χ2n) is 12.9. The summed E-state index contributed by atoms with van der Waals surface area (Å²) in [5.41, 5.74) is 7.52. The van der Waals surface area contributed by atoms with Crippen molar-refractivity contribution < 1.29 is 18.3 Å². The van der Waals surface area contributed by atoms with E-state index in [-0.39, 0.29) is 22.9 Å². The van der Waals surface area contributed by atoms with Crippen LogP contribution in [0.15, 0.2) is 109 Å². The Morgan fingerprint density at radius 2 is 1.35 bits per heavy atom. The van der Waals surface area contributed by atoms with Crippen molar-refractivity contribution >= 4 is 45.0 Å². The fourth-order valence-electron chi connectivity index (χ4n) is 6.83. The summed E-state index contributed by atoms with van der Waals surface area (Å²) in [6.07, 6.45) is 1.93. The minimum absolute atomic E-state index is 0.0922. The Morgan fingerprint density at radius 1 is 0.635 bits per heavy atom. The number of nitrogens with zero attached hydrogens (tertiary/aromatic N) is 2. The first kappa shape index (κ1) is 36.9. The second kappa shape index (κ2) is 15.8. The number of hydrogen-bond acceptors (Lipinski definition) is 4. The van der Waals surface area contributed by atoms with Crippen molar-refractivity contribution in [2.45, 2.75) is 12.1 Å². The zero-order valence-corrected chi connectivity index (χ0v) is 31.3. The van der Waals surface area contributed by atoms with Crippen molar-refractivity contribution in [2.24, 2.45) is 0 Å². The summed E-state index contributed by atoms with van der Waals surface area (Å²) in [4.78, 5) is 10.9. The molecule has 0 fully saturated rings. The van der Waals surface area contributed by atoms with Gasteiger partial charge in [-0.15, -0.1) is 0 Å². The van der Waals surface area contributed by atoms with E-state index in [0.29, 0.717) is 22.1 Å². The van der Waals surface area contributed by atoms with Gasteiger partial charge >= 0.3 is 0 Å². The second-order valence-corrected chi connectivity index (χ2v) is 13.7. The predicted molar refractivity (Wildman–Crippen MR) is 209 cm³/mol. The van der Waals surface area contributed by atoms with E-state index in [1.165, 1.54) is 12.1 Å². The van der Waals surface area contributed by atoms with Gasteiger partial charge in [-0.3, -0.25) is 9.80 Å². The first-order chi connectivity index (χ1) is 25.0. The van der Waals surface area contributed by atoms with Crippen molar-refractivity contribution in [1.82, 2.24) is 19.8 Å². The molecule has 0 aliphatic rings. The van der Waals surface area contributed by atoms with Gasteiger partial charge < -0.3 is 19.4 Å². The van der Waals surface area contributed by atoms with Gasteiger partial charge in [0.2, 0.25) is 0 Å². The van der Waals surface area contributed by atoms with Crippen LogP contribution in [0.25, 0.3) is 33.1 Å². The van der Waals surface area contributed by atoms with E-state index in [2.05, 4.69) is 20.9 Å². The molecule has 0 bridgehead atoms. The number of methoxy groups -OCH3 is 2. The van der Waals surface area contributed by atoms with Crippen LogP contribution in [0.4, 0.5) is 8.78 Å². The van der Waals surface area contributed by atoms with Gasteiger partial charge in [0.15, 0.2) is 11.5 Å². The molecule has 2 unspecified atom stereocenters. The van der Waals surface area contributed by atoms with Gasteiger partial charge in [-0.1, -0.05) is 65.7 Å². The minimum atomic E-state index is -0.438. The average Bonchev–Trinajstić information content (AvgIpc) is 3.72. The number of ether oxygens (including phenoxy) is 2. The lowest BCUT2D eigenvalue weighted by molar-refractivity contribution is 0.335. The van der Waals surface area contributed by atoms with Crippen LogP contribution >= 0.6 is 23.2 Å². The van der Waals surface area contributed by atoms with Crippen LogP contribution in [-0.4, -0.2) is 62.2 Å². The largest absolute Gasteiger partial charge is 0.493 e. The first-order valence-corrected chi connectivity index (χ1v) is 17.4. The summed E-state index contributed by atoms with van der Waals surface area (Å²) >= 11 is 12.2. The van der Waals surface area contributed by atoms with Gasteiger partial charge in [0.25, 0.3) is 0 Å². The molecule has 7 aromatic rings. The van der Waals surface area contributed by atoms with Gasteiger partial charge in [0, 0.05) is 44.2 Å². The monoisotopic (exact) mass is 740 g/mol. The Labute approximate surface area is 312 Å². The van der Waals surface area contributed by atoms with Crippen molar-refractivity contribution in [3.05, 3.63) is 153 Å². The van der Waals surface area contributed by atoms with E-state index in [1.807, 2.05) is 106 Å². The SMILES string of the molecule is CN(C)C(c1ccccc1F)c1c[nH]c2ccc(Cl)cc12.COc1ccc(C(c2c(-c3ccc(F)c(Cl)c3)[nH]c3ccccc23)N(C)C)cc1OC. The van der Waals surface area contributed by atoms with Gasteiger partial charge in [0.05, 0.1) is 37.0 Å². The van der Waals surface area contributed by atoms with E-state index >= 15 is 0 Å². The summed E-state index contributed by atoms with van der Waals surface area (Å²) in [7, 11) is 11.2. The minimum Gasteiger partial charge on any atom is -0.493 e. The topological polar surface area (TPSA) is 56.5 Å². The Morgan fingerprint density at radius 3 is 2.04 bits per heavy atom. The highest BCUT2D eigenvalue weighted by molar-refractivity contribution is 6.31. The molecule has 0 spiro atoms. The van der Waals surface area contributed by atoms with Gasteiger partial charge in [-0.2, -0.15) is 0 Å². The zero-order chi connectivity index (χ0) is 37.1. The van der Waals surface area contributed by atoms with Crippen LogP contribution in [-0.2, 0) is 0 Å². The van der Waals surface area contributed by atoms with Gasteiger partial charge in [-0.05, 0) is 106 Å². The maximum absolute atomic E-state index is 14.2. The number of aromatic amines is 2. The third kappa shape index (κ3) is 7.38. The summed E-state index contributed by atoms with van der Waals surface area (Å²) in [6, 6.07) is 31.2. The highest BCUT2D eigenvalue weighted by atomic mass is 35.5. The number of benzene rings is 5. The molecular formula is C42H40Cl2F2N4O2. The van der Waals surface area contributed by atoms with Crippen molar-refractivity contribution in [1.29, 1.82) is 0 Å². The molecule has 2 aromatic heterocycles. The Kier molecular flexibility index (Phi) is 11.2. The quantitative estimate of drug-likeness (QED) is 0.155. The summed E-state index contributed by atoms with van der Waals surface area (Å²) in [6.45, 7) is 0. The van der Waals surface area contributed by atoms with Crippen LogP contribution in [0.5, 0.6) is 11.5 Å². The molecule has 7 rings (SSSR count). The lowest BCUT2D eigenvalue weighted by Gasteiger charge is -2.27. The number of H-pyrrole nitrogens is 2. The van der Waals surface area contributed by atoms with Crippen molar-refractivity contribution in [3.63, 3.8) is 0 Å². The fraction of sp³-hybridized carbons (Fsp3) is 0.190. The summed E-state index contributed by atoms with van der Waals surface area (Å²) in [5.74, 6) is 0.700. The molecule has 0 aliphatic carbocycles. The van der Waals surface area contributed by atoms with Crippen LogP contribution in [0.3, 0.4) is 0 Å². The zero-order valence-electron chi connectivity index (χ0n) is 29.8. The normalized spacial score (nSPS) is 12.6. The molecule has 0 radical (unpaired) electrons. The average molecular weight is 742 g/mol. The van der Waals surface area contributed by atoms with Crippen LogP contribution in [0, 0.1) is 11.6 Å². The molecule has 0 saturated heterocycles. The smallest absolute Gasteiger partial charge is 0.161 e. The molecule has 0 amide bonds. The van der Waals surface area contributed by atoms with E-state index < -0.39 is 5.82 Å². The lowest BCUT2D eigenvalue weighted by atomic mass is 9.92. The number of aromatic nitrogens is 2. The number of nitrogens with one attached hydrogen (secondary N) is 2. The standard InChI is InChI=1S/C25H24ClFN2O2.C17H16ClFN2/c1-29(2)25(16-10-12-21(30-3)22(14-16)31-4)23-17-7-5-6-8-20(17)28-24(23)15-9-11-19(27)18(26)13-15;1-21(2)17(12-5-3-4-6-15(12)19)14-10-20-16-8-7-11(18)9-13(14)16/h5-14,25,28H,1-4H3;3-10,17,20H,1-2H3. The van der Waals surface area contributed by atoms with Crippen LogP contribution < -0.4 is 9.47 Å². The lowest BCUT2D eigenvalue weighted by Crippen LogP contribution is -2.21. The highest BCUT2D eigenvalue weighted by Crippen LogP contribution is 2.42. The maximum Gasteiger partial charge on any atom is 0.161 e. The third-order valence-corrected chi connectivity index (χ3v) is 9.68. The Balaban J connectivity index is 0.000000192. The number of hydrogen-bond donors (Lipinski definition) is 2. The molecule has 10 heteroatoms. The van der Waals surface area contributed by atoms with Gasteiger partial charge in [0.1, 0.15) is 11.6 Å². The molecule has 2 heterocycles. The molecule has 52 heavy (non-hydrogen) atoms. The Hall–Kier alpha value is -4.86. The van der Waals surface area contributed by atoms with Crippen molar-refractivity contribution in [2.75, 3.05) is 42.4 Å².